The number of anilines is 1. The maximum atomic E-state index is 11.3. The number of ether oxygens (including phenoxy) is 1. The van der Waals surface area contributed by atoms with E-state index in [0.717, 1.165) is 11.5 Å². The van der Waals surface area contributed by atoms with Crippen LogP contribution in [0.4, 0.5) is 5.82 Å². The second kappa shape index (κ2) is 4.13. The number of carbonyl (C=O) groups is 1. The van der Waals surface area contributed by atoms with Crippen LogP contribution in [0.3, 0.4) is 0 Å². The first-order chi connectivity index (χ1) is 7.27. The number of hydrogen-bond acceptors (Lipinski definition) is 4. The Labute approximate surface area is 88.0 Å². The lowest BCUT2D eigenvalue weighted by Crippen LogP contribution is -2.05. The van der Waals surface area contributed by atoms with E-state index in [0.29, 0.717) is 18.6 Å². The van der Waals surface area contributed by atoms with Gasteiger partial charge in [-0.1, -0.05) is 6.07 Å². The van der Waals surface area contributed by atoms with Gasteiger partial charge in [0, 0.05) is 18.3 Å². The number of cyclic esters (lactones) is 1. The number of allylic oxidation sites excluding steroid dienone is 1. The van der Waals surface area contributed by atoms with Gasteiger partial charge in [0.25, 0.3) is 0 Å². The first kappa shape index (κ1) is 9.71. The SMILES string of the molecule is C/C(Nc1ccccn1)=C1/CCOC1=O. The van der Waals surface area contributed by atoms with Crippen LogP contribution in [0.1, 0.15) is 13.3 Å². The minimum Gasteiger partial charge on any atom is -0.462 e. The number of pyridine rings is 1. The average Bonchev–Trinajstić information content (AvgIpc) is 2.66. The molecule has 0 unspecified atom stereocenters. The summed E-state index contributed by atoms with van der Waals surface area (Å²) in [6, 6.07) is 5.59. The molecule has 78 valence electrons. The van der Waals surface area contributed by atoms with Crippen molar-refractivity contribution >= 4 is 11.8 Å². The number of aromatic nitrogens is 1. The normalized spacial score (nSPS) is 18.6. The molecule has 2 heterocycles. The summed E-state index contributed by atoms with van der Waals surface area (Å²) in [5.74, 6) is 0.512. The lowest BCUT2D eigenvalue weighted by Gasteiger charge is -2.06. The molecular weight excluding hydrogens is 192 g/mol. The quantitative estimate of drug-likeness (QED) is 0.588. The van der Waals surface area contributed by atoms with Crippen LogP contribution in [0.5, 0.6) is 0 Å². The van der Waals surface area contributed by atoms with Crippen molar-refractivity contribution in [2.45, 2.75) is 13.3 Å². The van der Waals surface area contributed by atoms with Crippen molar-refractivity contribution in [2.24, 2.45) is 0 Å². The van der Waals surface area contributed by atoms with Gasteiger partial charge in [0.2, 0.25) is 0 Å². The van der Waals surface area contributed by atoms with Gasteiger partial charge in [-0.05, 0) is 19.1 Å². The average molecular weight is 204 g/mol. The Kier molecular flexibility index (Phi) is 2.67. The van der Waals surface area contributed by atoms with Crippen LogP contribution in [0.2, 0.25) is 0 Å². The molecule has 0 atom stereocenters. The van der Waals surface area contributed by atoms with Crippen molar-refractivity contribution in [3.05, 3.63) is 35.7 Å². The van der Waals surface area contributed by atoms with Crippen molar-refractivity contribution in [2.75, 3.05) is 11.9 Å². The topological polar surface area (TPSA) is 51.2 Å². The molecule has 1 saturated heterocycles. The second-order valence-electron chi connectivity index (χ2n) is 3.33. The molecule has 2 rings (SSSR count). The van der Waals surface area contributed by atoms with Crippen LogP contribution < -0.4 is 5.32 Å². The summed E-state index contributed by atoms with van der Waals surface area (Å²) in [5, 5.41) is 3.08. The summed E-state index contributed by atoms with van der Waals surface area (Å²) >= 11 is 0. The van der Waals surface area contributed by atoms with Gasteiger partial charge in [-0.3, -0.25) is 0 Å². The van der Waals surface area contributed by atoms with E-state index in [1.807, 2.05) is 25.1 Å². The summed E-state index contributed by atoms with van der Waals surface area (Å²) < 4.78 is 4.87. The number of rotatable bonds is 2. The molecule has 0 aliphatic carbocycles. The Hall–Kier alpha value is -1.84. The van der Waals surface area contributed by atoms with Gasteiger partial charge in [0.1, 0.15) is 5.82 Å². The standard InChI is InChI=1S/C11H12N2O2/c1-8(9-5-7-15-11(9)14)13-10-4-2-3-6-12-10/h2-4,6H,5,7H2,1H3,(H,12,13)/b9-8+. The van der Waals surface area contributed by atoms with E-state index >= 15 is 0 Å². The Morgan fingerprint density at radius 3 is 3.00 bits per heavy atom. The van der Waals surface area contributed by atoms with E-state index < -0.39 is 0 Å². The number of nitrogens with one attached hydrogen (secondary N) is 1. The summed E-state index contributed by atoms with van der Waals surface area (Å²) in [6.07, 6.45) is 2.37. The number of nitrogens with zero attached hydrogens (tertiary/aromatic N) is 1. The molecule has 1 N–H and O–H groups in total. The van der Waals surface area contributed by atoms with E-state index in [9.17, 15) is 4.79 Å². The highest BCUT2D eigenvalue weighted by Gasteiger charge is 2.21. The zero-order valence-electron chi connectivity index (χ0n) is 8.49. The molecule has 1 aromatic rings. The minimum atomic E-state index is -0.226. The smallest absolute Gasteiger partial charge is 0.335 e. The van der Waals surface area contributed by atoms with E-state index in [2.05, 4.69) is 10.3 Å². The van der Waals surface area contributed by atoms with Crippen LogP contribution in [0.25, 0.3) is 0 Å². The summed E-state index contributed by atoms with van der Waals surface area (Å²) in [7, 11) is 0. The Bertz CT molecular complexity index is 398. The molecule has 0 aromatic carbocycles. The summed E-state index contributed by atoms with van der Waals surface area (Å²) in [5.41, 5.74) is 1.52. The molecule has 15 heavy (non-hydrogen) atoms. The monoisotopic (exact) mass is 204 g/mol. The van der Waals surface area contributed by atoms with Crippen molar-refractivity contribution in [3.63, 3.8) is 0 Å². The van der Waals surface area contributed by atoms with Gasteiger partial charge in [0.15, 0.2) is 0 Å². The summed E-state index contributed by atoms with van der Waals surface area (Å²) in [4.78, 5) is 15.4. The highest BCUT2D eigenvalue weighted by atomic mass is 16.5. The predicted molar refractivity (Wildman–Crippen MR) is 56.1 cm³/mol. The molecule has 0 amide bonds. The Morgan fingerprint density at radius 2 is 2.40 bits per heavy atom. The molecule has 0 saturated carbocycles. The number of esters is 1. The summed E-state index contributed by atoms with van der Waals surface area (Å²) in [6.45, 7) is 2.34. The van der Waals surface area contributed by atoms with Crippen LogP contribution in [-0.2, 0) is 9.53 Å². The van der Waals surface area contributed by atoms with E-state index in [1.54, 1.807) is 6.20 Å². The Balaban J connectivity index is 2.16. The zero-order valence-corrected chi connectivity index (χ0v) is 8.49. The molecule has 1 fully saturated rings. The molecule has 0 spiro atoms. The first-order valence-electron chi connectivity index (χ1n) is 4.82. The fourth-order valence-corrected chi connectivity index (χ4v) is 1.48. The maximum absolute atomic E-state index is 11.3. The van der Waals surface area contributed by atoms with Gasteiger partial charge < -0.3 is 10.1 Å². The van der Waals surface area contributed by atoms with Crippen molar-refractivity contribution in [1.82, 2.24) is 4.98 Å². The van der Waals surface area contributed by atoms with Gasteiger partial charge in [-0.25, -0.2) is 9.78 Å². The zero-order chi connectivity index (χ0) is 10.7. The molecule has 4 heteroatoms. The molecular formula is C11H12N2O2. The van der Waals surface area contributed by atoms with E-state index in [1.165, 1.54) is 0 Å². The van der Waals surface area contributed by atoms with E-state index in [4.69, 9.17) is 4.74 Å². The lowest BCUT2D eigenvalue weighted by molar-refractivity contribution is -0.135. The fraction of sp³-hybridized carbons (Fsp3) is 0.273. The third-order valence-electron chi connectivity index (χ3n) is 2.26. The van der Waals surface area contributed by atoms with Gasteiger partial charge in [-0.15, -0.1) is 0 Å². The number of carbonyl (C=O) groups excluding carboxylic acids is 1. The molecule has 0 bridgehead atoms. The fourth-order valence-electron chi connectivity index (χ4n) is 1.48. The van der Waals surface area contributed by atoms with Crippen molar-refractivity contribution in [1.29, 1.82) is 0 Å². The Morgan fingerprint density at radius 1 is 1.53 bits per heavy atom. The number of hydrogen-bond donors (Lipinski definition) is 1. The van der Waals surface area contributed by atoms with Gasteiger partial charge in [-0.2, -0.15) is 0 Å². The van der Waals surface area contributed by atoms with Crippen LogP contribution in [0, 0.1) is 0 Å². The lowest BCUT2D eigenvalue weighted by atomic mass is 10.2. The van der Waals surface area contributed by atoms with Crippen LogP contribution in [0.15, 0.2) is 35.7 Å². The first-order valence-corrected chi connectivity index (χ1v) is 4.82. The second-order valence-corrected chi connectivity index (χ2v) is 3.33. The third kappa shape index (κ3) is 2.15. The van der Waals surface area contributed by atoms with E-state index in [-0.39, 0.29) is 5.97 Å². The largest absolute Gasteiger partial charge is 0.462 e. The highest BCUT2D eigenvalue weighted by Crippen LogP contribution is 2.18. The molecule has 1 aromatic heterocycles. The molecule has 4 nitrogen and oxygen atoms in total. The molecule has 1 aliphatic heterocycles. The van der Waals surface area contributed by atoms with Crippen molar-refractivity contribution in [3.8, 4) is 0 Å². The van der Waals surface area contributed by atoms with Crippen LogP contribution >= 0.6 is 0 Å². The highest BCUT2D eigenvalue weighted by molar-refractivity contribution is 5.91. The van der Waals surface area contributed by atoms with Crippen LogP contribution in [-0.4, -0.2) is 17.6 Å². The van der Waals surface area contributed by atoms with Crippen molar-refractivity contribution < 1.29 is 9.53 Å². The predicted octanol–water partition coefficient (Wildman–Crippen LogP) is 1.71. The molecule has 1 aliphatic rings. The maximum Gasteiger partial charge on any atom is 0.335 e. The third-order valence-corrected chi connectivity index (χ3v) is 2.26. The van der Waals surface area contributed by atoms with Gasteiger partial charge >= 0.3 is 5.97 Å². The molecule has 0 radical (unpaired) electrons. The van der Waals surface area contributed by atoms with Gasteiger partial charge in [0.05, 0.1) is 12.2 Å². The minimum absolute atomic E-state index is 0.226.